The first kappa shape index (κ1) is 14.8. The van der Waals surface area contributed by atoms with E-state index in [1.807, 2.05) is 0 Å². The van der Waals surface area contributed by atoms with Gasteiger partial charge in [-0.15, -0.1) is 0 Å². The van der Waals surface area contributed by atoms with Gasteiger partial charge in [0, 0.05) is 12.6 Å². The van der Waals surface area contributed by atoms with Crippen LogP contribution in [0.25, 0.3) is 0 Å². The number of hydrogen-bond donors (Lipinski definition) is 2. The number of rotatable bonds is 3. The number of amides is 2. The molecule has 0 heterocycles. The Balaban J connectivity index is 3.16. The number of nitrogens with one attached hydrogen (secondary N) is 1. The van der Waals surface area contributed by atoms with E-state index in [1.165, 1.54) is 13.1 Å². The monoisotopic (exact) mass is 276 g/mol. The Morgan fingerprint density at radius 2 is 2.00 bits per heavy atom. The van der Waals surface area contributed by atoms with E-state index < -0.39 is 29.8 Å². The number of nitrogens with two attached hydrogens (primary N) is 1. The third kappa shape index (κ3) is 3.87. The first-order chi connectivity index (χ1) is 8.75. The molecule has 0 aliphatic carbocycles. The van der Waals surface area contributed by atoms with Crippen molar-refractivity contribution in [3.63, 3.8) is 0 Å². The van der Waals surface area contributed by atoms with Gasteiger partial charge in [0.25, 0.3) is 5.91 Å². The van der Waals surface area contributed by atoms with Crippen molar-refractivity contribution in [2.24, 2.45) is 5.73 Å². The van der Waals surface area contributed by atoms with E-state index in [0.717, 1.165) is 18.2 Å². The second kappa shape index (κ2) is 5.59. The maximum atomic E-state index is 12.5. The van der Waals surface area contributed by atoms with E-state index in [-0.39, 0.29) is 5.56 Å². The molecule has 0 saturated carbocycles. The SMILES string of the molecule is CNC(=O)C(OC(N)=O)c1cccc(C(F)(F)F)c1. The minimum atomic E-state index is -4.56. The molecule has 0 aliphatic heterocycles. The van der Waals surface area contributed by atoms with Crippen LogP contribution in [0.4, 0.5) is 18.0 Å². The number of hydrogen-bond acceptors (Lipinski definition) is 3. The molecule has 1 rings (SSSR count). The standard InChI is InChI=1S/C11H11F3N2O3/c1-16-9(17)8(19-10(15)18)6-3-2-4-7(5-6)11(12,13)14/h2-5,8H,1H3,(H2,15,18)(H,16,17). The van der Waals surface area contributed by atoms with E-state index in [1.54, 1.807) is 0 Å². The zero-order chi connectivity index (χ0) is 14.6. The van der Waals surface area contributed by atoms with Gasteiger partial charge in [0.2, 0.25) is 6.10 Å². The van der Waals surface area contributed by atoms with Gasteiger partial charge in [-0.05, 0) is 12.1 Å². The van der Waals surface area contributed by atoms with Crippen LogP contribution in [0.15, 0.2) is 24.3 Å². The molecular formula is C11H11F3N2O3. The van der Waals surface area contributed by atoms with Crippen LogP contribution < -0.4 is 11.1 Å². The van der Waals surface area contributed by atoms with Crippen LogP contribution in [0.1, 0.15) is 17.2 Å². The van der Waals surface area contributed by atoms with E-state index >= 15 is 0 Å². The minimum Gasteiger partial charge on any atom is -0.431 e. The molecule has 0 radical (unpaired) electrons. The summed E-state index contributed by atoms with van der Waals surface area (Å²) in [5.74, 6) is -0.780. The van der Waals surface area contributed by atoms with Crippen LogP contribution in [-0.4, -0.2) is 19.0 Å². The molecule has 0 saturated heterocycles. The van der Waals surface area contributed by atoms with E-state index in [0.29, 0.717) is 0 Å². The highest BCUT2D eigenvalue weighted by molar-refractivity contribution is 5.84. The number of alkyl halides is 3. The Bertz CT molecular complexity index is 488. The summed E-state index contributed by atoms with van der Waals surface area (Å²) >= 11 is 0. The molecule has 5 nitrogen and oxygen atoms in total. The third-order valence-corrected chi connectivity index (χ3v) is 2.24. The van der Waals surface area contributed by atoms with Gasteiger partial charge in [0.05, 0.1) is 5.56 Å². The molecule has 104 valence electrons. The number of ether oxygens (including phenoxy) is 1. The highest BCUT2D eigenvalue weighted by atomic mass is 19.4. The summed E-state index contributed by atoms with van der Waals surface area (Å²) < 4.78 is 42.1. The number of carbonyl (C=O) groups excluding carboxylic acids is 2. The second-order valence-corrected chi connectivity index (χ2v) is 3.55. The van der Waals surface area contributed by atoms with Crippen molar-refractivity contribution in [2.45, 2.75) is 12.3 Å². The first-order valence-corrected chi connectivity index (χ1v) is 5.10. The molecule has 1 aromatic rings. The van der Waals surface area contributed by atoms with E-state index in [4.69, 9.17) is 5.73 Å². The predicted molar refractivity (Wildman–Crippen MR) is 58.9 cm³/mol. The highest BCUT2D eigenvalue weighted by Crippen LogP contribution is 2.31. The molecular weight excluding hydrogens is 265 g/mol. The summed E-state index contributed by atoms with van der Waals surface area (Å²) in [4.78, 5) is 22.2. The molecule has 8 heteroatoms. The van der Waals surface area contributed by atoms with Crippen LogP contribution in [0, 0.1) is 0 Å². The normalized spacial score (nSPS) is 12.6. The number of likely N-dealkylation sites (N-methyl/N-ethyl adjacent to an activating group) is 1. The lowest BCUT2D eigenvalue weighted by atomic mass is 10.1. The second-order valence-electron chi connectivity index (χ2n) is 3.55. The van der Waals surface area contributed by atoms with Gasteiger partial charge in [-0.1, -0.05) is 12.1 Å². The summed E-state index contributed by atoms with van der Waals surface area (Å²) in [5, 5.41) is 2.17. The van der Waals surface area contributed by atoms with Crippen molar-refractivity contribution in [1.29, 1.82) is 0 Å². The van der Waals surface area contributed by atoms with Gasteiger partial charge < -0.3 is 15.8 Å². The van der Waals surface area contributed by atoms with Gasteiger partial charge in [-0.25, -0.2) is 4.79 Å². The molecule has 2 amide bonds. The topological polar surface area (TPSA) is 81.4 Å². The molecule has 19 heavy (non-hydrogen) atoms. The van der Waals surface area contributed by atoms with Crippen LogP contribution in [0.2, 0.25) is 0 Å². The van der Waals surface area contributed by atoms with E-state index in [9.17, 15) is 22.8 Å². The van der Waals surface area contributed by atoms with Crippen molar-refractivity contribution in [3.8, 4) is 0 Å². The Morgan fingerprint density at radius 1 is 1.37 bits per heavy atom. The minimum absolute atomic E-state index is 0.118. The van der Waals surface area contributed by atoms with Crippen molar-refractivity contribution < 1.29 is 27.5 Å². The zero-order valence-corrected chi connectivity index (χ0v) is 9.82. The van der Waals surface area contributed by atoms with Gasteiger partial charge in [-0.2, -0.15) is 13.2 Å². The molecule has 0 aliphatic rings. The molecule has 1 aromatic carbocycles. The zero-order valence-electron chi connectivity index (χ0n) is 9.82. The van der Waals surface area contributed by atoms with Gasteiger partial charge in [-0.3, -0.25) is 4.79 Å². The van der Waals surface area contributed by atoms with Crippen molar-refractivity contribution in [2.75, 3.05) is 7.05 Å². The van der Waals surface area contributed by atoms with Crippen LogP contribution >= 0.6 is 0 Å². The van der Waals surface area contributed by atoms with Crippen molar-refractivity contribution in [1.82, 2.24) is 5.32 Å². The summed E-state index contributed by atoms with van der Waals surface area (Å²) in [6.45, 7) is 0. The lowest BCUT2D eigenvalue weighted by molar-refractivity contribution is -0.138. The maximum absolute atomic E-state index is 12.5. The van der Waals surface area contributed by atoms with Crippen LogP contribution in [-0.2, 0) is 15.7 Å². The average Bonchev–Trinajstić information content (AvgIpc) is 2.34. The smallest absolute Gasteiger partial charge is 0.416 e. The molecule has 1 unspecified atom stereocenters. The van der Waals surface area contributed by atoms with Gasteiger partial charge in [0.15, 0.2) is 0 Å². The molecule has 0 spiro atoms. The Hall–Kier alpha value is -2.25. The fourth-order valence-corrected chi connectivity index (χ4v) is 1.40. The van der Waals surface area contributed by atoms with Gasteiger partial charge >= 0.3 is 12.3 Å². The Morgan fingerprint density at radius 3 is 2.47 bits per heavy atom. The Labute approximate surface area is 106 Å². The summed E-state index contributed by atoms with van der Waals surface area (Å²) in [5.41, 5.74) is 3.71. The number of halogens is 3. The fourth-order valence-electron chi connectivity index (χ4n) is 1.40. The van der Waals surface area contributed by atoms with Gasteiger partial charge in [0.1, 0.15) is 0 Å². The number of carbonyl (C=O) groups is 2. The predicted octanol–water partition coefficient (Wildman–Crippen LogP) is 1.59. The molecule has 0 aromatic heterocycles. The molecule has 0 fully saturated rings. The average molecular weight is 276 g/mol. The lowest BCUT2D eigenvalue weighted by Crippen LogP contribution is -2.31. The maximum Gasteiger partial charge on any atom is 0.416 e. The van der Waals surface area contributed by atoms with E-state index in [2.05, 4.69) is 10.1 Å². The quantitative estimate of drug-likeness (QED) is 0.879. The summed E-state index contributed by atoms with van der Waals surface area (Å²) in [6, 6.07) is 3.91. The fraction of sp³-hybridized carbons (Fsp3) is 0.273. The molecule has 0 bridgehead atoms. The first-order valence-electron chi connectivity index (χ1n) is 5.10. The van der Waals surface area contributed by atoms with Crippen molar-refractivity contribution >= 4 is 12.0 Å². The number of benzene rings is 1. The summed E-state index contributed by atoms with van der Waals surface area (Å²) in [7, 11) is 1.26. The lowest BCUT2D eigenvalue weighted by Gasteiger charge is -2.16. The largest absolute Gasteiger partial charge is 0.431 e. The number of primary amides is 1. The molecule has 3 N–H and O–H groups in total. The van der Waals surface area contributed by atoms with Crippen LogP contribution in [0.5, 0.6) is 0 Å². The summed E-state index contributed by atoms with van der Waals surface area (Å²) in [6.07, 6.45) is -7.34. The Kier molecular flexibility index (Phi) is 4.36. The van der Waals surface area contributed by atoms with Crippen LogP contribution in [0.3, 0.4) is 0 Å². The molecule has 1 atom stereocenters. The van der Waals surface area contributed by atoms with Crippen molar-refractivity contribution in [3.05, 3.63) is 35.4 Å². The highest BCUT2D eigenvalue weighted by Gasteiger charge is 2.32. The third-order valence-electron chi connectivity index (χ3n) is 2.24.